The molecule has 6 atom stereocenters. The molecular weight excluding hydrogens is 260 g/mol. The van der Waals surface area contributed by atoms with Crippen LogP contribution in [0.4, 0.5) is 0 Å². The van der Waals surface area contributed by atoms with Gasteiger partial charge in [-0.2, -0.15) is 10.5 Å². The van der Waals surface area contributed by atoms with Crippen LogP contribution in [0.1, 0.15) is 59.3 Å². The van der Waals surface area contributed by atoms with Crippen molar-refractivity contribution in [3.8, 4) is 12.1 Å². The van der Waals surface area contributed by atoms with Gasteiger partial charge in [-0.05, 0) is 55.3 Å². The second-order valence-corrected chi connectivity index (χ2v) is 8.29. The summed E-state index contributed by atoms with van der Waals surface area (Å²) in [6.07, 6.45) is 6.81. The van der Waals surface area contributed by atoms with Crippen LogP contribution >= 0.6 is 0 Å². The van der Waals surface area contributed by atoms with Gasteiger partial charge >= 0.3 is 0 Å². The third kappa shape index (κ3) is 2.18. The standard InChI is InChI=1S/C18H26N2O/c1-17(2)13-7-8-18(3,9-13)16(17)21-15-6-4-5-12(10-19)14(15)11-20/h12-16H,4-9H2,1-3H3. The fourth-order valence-electron chi connectivity index (χ4n) is 5.40. The van der Waals surface area contributed by atoms with Gasteiger partial charge in [-0.1, -0.05) is 20.8 Å². The highest BCUT2D eigenvalue weighted by Gasteiger charge is 2.61. The molecule has 2 bridgehead atoms. The number of hydrogen-bond acceptors (Lipinski definition) is 3. The van der Waals surface area contributed by atoms with E-state index in [2.05, 4.69) is 32.9 Å². The fraction of sp³-hybridized carbons (Fsp3) is 0.889. The van der Waals surface area contributed by atoms with Crippen LogP contribution in [0.25, 0.3) is 0 Å². The van der Waals surface area contributed by atoms with Crippen LogP contribution in [-0.2, 0) is 4.74 Å². The van der Waals surface area contributed by atoms with Gasteiger partial charge in [-0.3, -0.25) is 0 Å². The molecule has 0 radical (unpaired) electrons. The summed E-state index contributed by atoms with van der Waals surface area (Å²) in [5.41, 5.74) is 0.473. The number of ether oxygens (including phenoxy) is 1. The maximum absolute atomic E-state index is 9.48. The number of hydrogen-bond donors (Lipinski definition) is 0. The highest BCUT2D eigenvalue weighted by Crippen LogP contribution is 2.64. The zero-order valence-electron chi connectivity index (χ0n) is 13.4. The van der Waals surface area contributed by atoms with E-state index in [1.165, 1.54) is 19.3 Å². The number of nitriles is 2. The molecule has 3 heteroatoms. The van der Waals surface area contributed by atoms with Crippen LogP contribution < -0.4 is 0 Å². The van der Waals surface area contributed by atoms with Gasteiger partial charge in [0.1, 0.15) is 0 Å². The highest BCUT2D eigenvalue weighted by molar-refractivity contribution is 5.11. The normalized spacial score (nSPS) is 47.8. The Labute approximate surface area is 128 Å². The summed E-state index contributed by atoms with van der Waals surface area (Å²) < 4.78 is 6.57. The van der Waals surface area contributed by atoms with E-state index in [9.17, 15) is 10.5 Å². The molecule has 114 valence electrons. The van der Waals surface area contributed by atoms with Crippen molar-refractivity contribution in [2.45, 2.75) is 71.5 Å². The molecule has 3 nitrogen and oxygen atoms in total. The molecular formula is C18H26N2O. The van der Waals surface area contributed by atoms with E-state index < -0.39 is 0 Å². The van der Waals surface area contributed by atoms with E-state index >= 15 is 0 Å². The van der Waals surface area contributed by atoms with E-state index in [4.69, 9.17) is 4.74 Å². The Morgan fingerprint density at radius 3 is 2.38 bits per heavy atom. The molecule has 3 fully saturated rings. The second-order valence-electron chi connectivity index (χ2n) is 8.29. The largest absolute Gasteiger partial charge is 0.372 e. The molecule has 21 heavy (non-hydrogen) atoms. The van der Waals surface area contributed by atoms with Gasteiger partial charge in [-0.25, -0.2) is 0 Å². The first-order chi connectivity index (χ1) is 9.92. The van der Waals surface area contributed by atoms with Crippen molar-refractivity contribution in [1.29, 1.82) is 10.5 Å². The first kappa shape index (κ1) is 14.9. The third-order valence-electron chi connectivity index (χ3n) is 6.60. The van der Waals surface area contributed by atoms with Gasteiger partial charge in [0, 0.05) is 0 Å². The van der Waals surface area contributed by atoms with E-state index in [0.717, 1.165) is 25.2 Å². The predicted octanol–water partition coefficient (Wildman–Crippen LogP) is 4.05. The molecule has 3 aliphatic rings. The minimum Gasteiger partial charge on any atom is -0.372 e. The van der Waals surface area contributed by atoms with Crippen LogP contribution in [0, 0.1) is 51.2 Å². The van der Waals surface area contributed by atoms with Crippen molar-refractivity contribution in [1.82, 2.24) is 0 Å². The van der Waals surface area contributed by atoms with Crippen LogP contribution in [0.5, 0.6) is 0 Å². The summed E-state index contributed by atoms with van der Waals surface area (Å²) in [5.74, 6) is 0.355. The molecule has 0 aliphatic heterocycles. The van der Waals surface area contributed by atoms with E-state index in [1.54, 1.807) is 0 Å². The van der Waals surface area contributed by atoms with Crippen molar-refractivity contribution in [3.63, 3.8) is 0 Å². The Kier molecular flexibility index (Phi) is 3.53. The summed E-state index contributed by atoms with van der Waals surface area (Å²) >= 11 is 0. The molecule has 0 spiro atoms. The van der Waals surface area contributed by atoms with Crippen molar-refractivity contribution < 1.29 is 4.74 Å². The predicted molar refractivity (Wildman–Crippen MR) is 79.9 cm³/mol. The molecule has 3 saturated carbocycles. The third-order valence-corrected chi connectivity index (χ3v) is 6.60. The first-order valence-electron chi connectivity index (χ1n) is 8.37. The Bertz CT molecular complexity index is 496. The molecule has 3 rings (SSSR count). The fourth-order valence-corrected chi connectivity index (χ4v) is 5.40. The number of rotatable bonds is 2. The minimum absolute atomic E-state index is 0.0474. The molecule has 6 unspecified atom stereocenters. The molecule has 0 aromatic heterocycles. The summed E-state index contributed by atoms with van der Waals surface area (Å²) in [6.45, 7) is 7.02. The highest BCUT2D eigenvalue weighted by atomic mass is 16.5. The van der Waals surface area contributed by atoms with Crippen molar-refractivity contribution in [3.05, 3.63) is 0 Å². The van der Waals surface area contributed by atoms with Crippen LogP contribution in [0.2, 0.25) is 0 Å². The van der Waals surface area contributed by atoms with Crippen LogP contribution in [0.3, 0.4) is 0 Å². The summed E-state index contributed by atoms with van der Waals surface area (Å²) in [6, 6.07) is 4.69. The van der Waals surface area contributed by atoms with Crippen molar-refractivity contribution in [2.24, 2.45) is 28.6 Å². The Morgan fingerprint density at radius 1 is 1.05 bits per heavy atom. The summed E-state index contributed by atoms with van der Waals surface area (Å²) in [7, 11) is 0. The monoisotopic (exact) mass is 286 g/mol. The van der Waals surface area contributed by atoms with Gasteiger partial charge in [0.05, 0.1) is 36.2 Å². The van der Waals surface area contributed by atoms with Gasteiger partial charge in [0.25, 0.3) is 0 Å². The lowest BCUT2D eigenvalue weighted by Crippen LogP contribution is -2.47. The van der Waals surface area contributed by atoms with Gasteiger partial charge < -0.3 is 4.74 Å². The van der Waals surface area contributed by atoms with Gasteiger partial charge in [-0.15, -0.1) is 0 Å². The zero-order chi connectivity index (χ0) is 15.3. The summed E-state index contributed by atoms with van der Waals surface area (Å²) in [5, 5.41) is 18.8. The maximum Gasteiger partial charge on any atom is 0.0883 e. The average molecular weight is 286 g/mol. The maximum atomic E-state index is 9.48. The van der Waals surface area contributed by atoms with Gasteiger partial charge in [0.2, 0.25) is 0 Å². The topological polar surface area (TPSA) is 56.8 Å². The average Bonchev–Trinajstić information content (AvgIpc) is 2.94. The number of fused-ring (bicyclic) bond motifs is 2. The first-order valence-corrected chi connectivity index (χ1v) is 8.37. The van der Waals surface area contributed by atoms with E-state index in [1.807, 2.05) is 0 Å². The smallest absolute Gasteiger partial charge is 0.0883 e. The zero-order valence-corrected chi connectivity index (χ0v) is 13.4. The van der Waals surface area contributed by atoms with Crippen molar-refractivity contribution in [2.75, 3.05) is 0 Å². The molecule has 0 aromatic carbocycles. The van der Waals surface area contributed by atoms with Crippen LogP contribution in [0.15, 0.2) is 0 Å². The van der Waals surface area contributed by atoms with Crippen LogP contribution in [-0.4, -0.2) is 12.2 Å². The molecule has 0 saturated heterocycles. The van der Waals surface area contributed by atoms with Crippen molar-refractivity contribution >= 4 is 0 Å². The Balaban J connectivity index is 1.80. The molecule has 0 amide bonds. The molecule has 0 aromatic rings. The number of nitrogens with zero attached hydrogens (tertiary/aromatic N) is 2. The molecule has 3 aliphatic carbocycles. The lowest BCUT2D eigenvalue weighted by molar-refractivity contribution is -0.144. The Morgan fingerprint density at radius 2 is 1.81 bits per heavy atom. The quantitative estimate of drug-likeness (QED) is 0.769. The summed E-state index contributed by atoms with van der Waals surface area (Å²) in [4.78, 5) is 0. The minimum atomic E-state index is -0.248. The molecule has 0 N–H and O–H groups in total. The molecule has 0 heterocycles. The van der Waals surface area contributed by atoms with E-state index in [0.29, 0.717) is 0 Å². The second kappa shape index (κ2) is 4.99. The van der Waals surface area contributed by atoms with E-state index in [-0.39, 0.29) is 34.9 Å². The lowest BCUT2D eigenvalue weighted by atomic mass is 9.69. The van der Waals surface area contributed by atoms with Gasteiger partial charge in [0.15, 0.2) is 0 Å². The SMILES string of the molecule is CC12CCC(C1)C(C)(C)C2OC1CCCC(C#N)C1C#N. The lowest BCUT2D eigenvalue weighted by Gasteiger charge is -2.45. The Hall–Kier alpha value is -1.06.